The third-order valence-electron chi connectivity index (χ3n) is 1.93. The molecule has 0 aliphatic heterocycles. The molecule has 1 radical (unpaired) electrons. The van der Waals surface area contributed by atoms with Crippen LogP contribution in [0, 0.1) is 0 Å². The molecule has 15 heavy (non-hydrogen) atoms. The molecule has 1 aromatic rings. The van der Waals surface area contributed by atoms with Crippen LogP contribution in [0.5, 0.6) is 0 Å². The number of carbonyl (C=O) groups excluding carboxylic acids is 2. The molecule has 1 aromatic carbocycles. The average molecular weight is 205 g/mol. The van der Waals surface area contributed by atoms with Gasteiger partial charge in [-0.15, -0.1) is 0 Å². The highest BCUT2D eigenvalue weighted by atomic mass is 16.5. The van der Waals surface area contributed by atoms with Crippen molar-refractivity contribution in [3.05, 3.63) is 35.9 Å². The van der Waals surface area contributed by atoms with Crippen LogP contribution in [0.15, 0.2) is 30.3 Å². The van der Waals surface area contributed by atoms with E-state index in [1.807, 2.05) is 30.3 Å². The van der Waals surface area contributed by atoms with Gasteiger partial charge in [-0.2, -0.15) is 0 Å². The highest BCUT2D eigenvalue weighted by Crippen LogP contribution is 2.00. The number of carbonyl (C=O) groups is 1. The second-order valence-electron chi connectivity index (χ2n) is 3.10. The van der Waals surface area contributed by atoms with Gasteiger partial charge in [0, 0.05) is 12.8 Å². The zero-order valence-electron chi connectivity index (χ0n) is 8.44. The van der Waals surface area contributed by atoms with Gasteiger partial charge in [-0.05, 0) is 5.56 Å². The molecule has 0 atom stereocenters. The summed E-state index contributed by atoms with van der Waals surface area (Å²) in [4.78, 5) is 20.9. The summed E-state index contributed by atoms with van der Waals surface area (Å²) in [6.07, 6.45) is 2.60. The van der Waals surface area contributed by atoms with E-state index in [0.29, 0.717) is 13.0 Å². The molecule has 0 bridgehead atoms. The largest absolute Gasteiger partial charge is 0.465 e. The van der Waals surface area contributed by atoms with Gasteiger partial charge in [-0.25, -0.2) is 0 Å². The number of esters is 1. The third-order valence-corrected chi connectivity index (χ3v) is 1.93. The molecule has 79 valence electrons. The summed E-state index contributed by atoms with van der Waals surface area (Å²) in [7, 11) is 0. The maximum atomic E-state index is 11.0. The lowest BCUT2D eigenvalue weighted by atomic mass is 10.2. The second-order valence-corrected chi connectivity index (χ2v) is 3.10. The van der Waals surface area contributed by atoms with Gasteiger partial charge in [0.2, 0.25) is 0 Å². The van der Waals surface area contributed by atoms with E-state index in [0.717, 1.165) is 5.56 Å². The van der Waals surface area contributed by atoms with Crippen LogP contribution in [0.25, 0.3) is 0 Å². The van der Waals surface area contributed by atoms with Gasteiger partial charge in [0.1, 0.15) is 0 Å². The molecule has 0 saturated heterocycles. The predicted molar refractivity (Wildman–Crippen MR) is 56.0 cm³/mol. The third kappa shape index (κ3) is 4.96. The summed E-state index contributed by atoms with van der Waals surface area (Å²) in [5, 5.41) is 0. The van der Waals surface area contributed by atoms with E-state index in [2.05, 4.69) is 0 Å². The highest BCUT2D eigenvalue weighted by Gasteiger charge is 2.01. The minimum atomic E-state index is -0.339. The van der Waals surface area contributed by atoms with Crippen LogP contribution in [0.3, 0.4) is 0 Å². The van der Waals surface area contributed by atoms with Crippen molar-refractivity contribution in [3.63, 3.8) is 0 Å². The van der Waals surface area contributed by atoms with Crippen LogP contribution in [-0.4, -0.2) is 18.9 Å². The normalized spacial score (nSPS) is 9.60. The summed E-state index contributed by atoms with van der Waals surface area (Å²) >= 11 is 0. The molecule has 0 N–H and O–H groups in total. The maximum Gasteiger partial charge on any atom is 0.306 e. The van der Waals surface area contributed by atoms with Crippen molar-refractivity contribution >= 4 is 12.3 Å². The van der Waals surface area contributed by atoms with Crippen LogP contribution in [0.1, 0.15) is 18.4 Å². The zero-order valence-corrected chi connectivity index (χ0v) is 8.44. The molecule has 0 heterocycles. The Morgan fingerprint density at radius 1 is 1.27 bits per heavy atom. The predicted octanol–water partition coefficient (Wildman–Crippen LogP) is 1.66. The number of rotatable bonds is 6. The number of hydrogen-bond donors (Lipinski definition) is 0. The van der Waals surface area contributed by atoms with Crippen molar-refractivity contribution in [3.8, 4) is 0 Å². The van der Waals surface area contributed by atoms with Gasteiger partial charge in [-0.3, -0.25) is 9.59 Å². The van der Waals surface area contributed by atoms with Crippen molar-refractivity contribution < 1.29 is 14.3 Å². The van der Waals surface area contributed by atoms with Gasteiger partial charge >= 0.3 is 5.97 Å². The summed E-state index contributed by atoms with van der Waals surface area (Å²) in [6.45, 7) is 0.363. The van der Waals surface area contributed by atoms with E-state index < -0.39 is 0 Å². The monoisotopic (exact) mass is 205 g/mol. The van der Waals surface area contributed by atoms with E-state index in [4.69, 9.17) is 4.74 Å². The zero-order chi connectivity index (χ0) is 10.9. The van der Waals surface area contributed by atoms with E-state index >= 15 is 0 Å². The molecule has 0 saturated carbocycles. The van der Waals surface area contributed by atoms with Crippen LogP contribution >= 0.6 is 0 Å². The second kappa shape index (κ2) is 6.76. The highest BCUT2D eigenvalue weighted by molar-refractivity contribution is 5.72. The first kappa shape index (κ1) is 11.4. The molecular formula is C12H13O3. The van der Waals surface area contributed by atoms with Crippen LogP contribution in [0.4, 0.5) is 0 Å². The minimum absolute atomic E-state index is 0.115. The van der Waals surface area contributed by atoms with Crippen LogP contribution in [-0.2, 0) is 20.7 Å². The number of hydrogen-bond acceptors (Lipinski definition) is 3. The Morgan fingerprint density at radius 3 is 2.67 bits per heavy atom. The fourth-order valence-electron chi connectivity index (χ4n) is 1.15. The number of benzene rings is 1. The molecule has 1 rings (SSSR count). The molecule has 0 aromatic heterocycles. The minimum Gasteiger partial charge on any atom is -0.465 e. The quantitative estimate of drug-likeness (QED) is 0.663. The Bertz CT molecular complexity index is 306. The molecular weight excluding hydrogens is 192 g/mol. The molecule has 0 fully saturated rings. The summed E-state index contributed by atoms with van der Waals surface area (Å²) < 4.78 is 4.93. The lowest BCUT2D eigenvalue weighted by molar-refractivity contribution is -0.143. The van der Waals surface area contributed by atoms with Gasteiger partial charge in [0.15, 0.2) is 6.29 Å². The Morgan fingerprint density at radius 2 is 2.00 bits per heavy atom. The maximum absolute atomic E-state index is 11.0. The van der Waals surface area contributed by atoms with E-state index in [1.165, 1.54) is 0 Å². The first-order valence-corrected chi connectivity index (χ1v) is 4.87. The fourth-order valence-corrected chi connectivity index (χ4v) is 1.15. The van der Waals surface area contributed by atoms with Crippen LogP contribution in [0.2, 0.25) is 0 Å². The lowest BCUT2D eigenvalue weighted by Crippen LogP contribution is -2.07. The van der Waals surface area contributed by atoms with E-state index in [-0.39, 0.29) is 18.8 Å². The first-order valence-electron chi connectivity index (χ1n) is 4.87. The molecule has 3 nitrogen and oxygen atoms in total. The average Bonchev–Trinajstić information content (AvgIpc) is 2.28. The topological polar surface area (TPSA) is 43.4 Å². The van der Waals surface area contributed by atoms with Crippen molar-refractivity contribution in [2.45, 2.75) is 19.3 Å². The SMILES string of the molecule is O=[C]CCC(=O)OCCc1ccccc1. The van der Waals surface area contributed by atoms with Gasteiger partial charge < -0.3 is 4.74 Å². The van der Waals surface area contributed by atoms with Crippen molar-refractivity contribution in [1.29, 1.82) is 0 Å². The fraction of sp³-hybridized carbons (Fsp3) is 0.333. The van der Waals surface area contributed by atoms with Crippen molar-refractivity contribution in [2.75, 3.05) is 6.61 Å². The summed E-state index contributed by atoms with van der Waals surface area (Å²) in [5.41, 5.74) is 1.13. The Labute approximate surface area is 89.1 Å². The molecule has 3 heteroatoms. The molecule has 0 aliphatic carbocycles. The molecule has 0 unspecified atom stereocenters. The standard InChI is InChI=1S/C12H13O3/c13-9-4-7-12(14)15-10-8-11-5-2-1-3-6-11/h1-3,5-6H,4,7-8,10H2. The Hall–Kier alpha value is -1.64. The van der Waals surface area contributed by atoms with Crippen molar-refractivity contribution in [2.24, 2.45) is 0 Å². The van der Waals surface area contributed by atoms with Crippen molar-refractivity contribution in [1.82, 2.24) is 0 Å². The first-order chi connectivity index (χ1) is 7.33. The van der Waals surface area contributed by atoms with Gasteiger partial charge in [0.05, 0.1) is 13.0 Å². The summed E-state index contributed by atoms with van der Waals surface area (Å²) in [5.74, 6) is -0.339. The van der Waals surface area contributed by atoms with Gasteiger partial charge in [0.25, 0.3) is 0 Å². The molecule has 0 aliphatic rings. The molecule has 0 spiro atoms. The Balaban J connectivity index is 2.16. The lowest BCUT2D eigenvalue weighted by Gasteiger charge is -2.03. The van der Waals surface area contributed by atoms with E-state index in [1.54, 1.807) is 6.29 Å². The molecule has 0 amide bonds. The van der Waals surface area contributed by atoms with E-state index in [9.17, 15) is 9.59 Å². The Kier molecular flexibility index (Phi) is 5.15. The number of ether oxygens (including phenoxy) is 1. The van der Waals surface area contributed by atoms with Gasteiger partial charge in [-0.1, -0.05) is 30.3 Å². The van der Waals surface area contributed by atoms with Crippen LogP contribution < -0.4 is 0 Å². The smallest absolute Gasteiger partial charge is 0.306 e. The summed E-state index contributed by atoms with van der Waals surface area (Å²) in [6, 6.07) is 9.78.